The molecule has 5 nitrogen and oxygen atoms in total. The van der Waals surface area contributed by atoms with Crippen LogP contribution in [0.4, 0.5) is 0 Å². The van der Waals surface area contributed by atoms with Crippen LogP contribution in [0.5, 0.6) is 0 Å². The molecule has 21 heavy (non-hydrogen) atoms. The summed E-state index contributed by atoms with van der Waals surface area (Å²) in [7, 11) is 0. The lowest BCUT2D eigenvalue weighted by Gasteiger charge is -2.30. The summed E-state index contributed by atoms with van der Waals surface area (Å²) in [5.41, 5.74) is 2.72. The lowest BCUT2D eigenvalue weighted by Crippen LogP contribution is -2.35. The topological polar surface area (TPSA) is 80.9 Å². The van der Waals surface area contributed by atoms with Crippen LogP contribution < -0.4 is 11.0 Å². The summed E-state index contributed by atoms with van der Waals surface area (Å²) in [6.07, 6.45) is 4.45. The van der Waals surface area contributed by atoms with Crippen LogP contribution in [0.1, 0.15) is 44.2 Å². The first-order chi connectivity index (χ1) is 10.2. The molecule has 0 saturated heterocycles. The van der Waals surface area contributed by atoms with Crippen molar-refractivity contribution in [1.82, 2.24) is 15.3 Å². The summed E-state index contributed by atoms with van der Waals surface area (Å²) in [6.45, 7) is 2.48. The van der Waals surface area contributed by atoms with E-state index in [4.69, 9.17) is 0 Å². The Bertz CT molecular complexity index is 653. The van der Waals surface area contributed by atoms with Crippen molar-refractivity contribution >= 4 is 11.0 Å². The maximum atomic E-state index is 11.3. The van der Waals surface area contributed by atoms with E-state index in [9.17, 15) is 9.90 Å². The fourth-order valence-electron chi connectivity index (χ4n) is 3.28. The van der Waals surface area contributed by atoms with Crippen molar-refractivity contribution in [3.05, 3.63) is 34.2 Å². The molecule has 1 fully saturated rings. The van der Waals surface area contributed by atoms with E-state index in [0.29, 0.717) is 18.6 Å². The third-order valence-corrected chi connectivity index (χ3v) is 4.63. The van der Waals surface area contributed by atoms with Gasteiger partial charge < -0.3 is 20.4 Å². The number of aromatic amines is 2. The Hall–Kier alpha value is -1.59. The van der Waals surface area contributed by atoms with Gasteiger partial charge in [0.2, 0.25) is 0 Å². The molecule has 3 rings (SSSR count). The molecule has 1 heterocycles. The molecule has 1 aliphatic rings. The van der Waals surface area contributed by atoms with E-state index in [2.05, 4.69) is 28.3 Å². The predicted molar refractivity (Wildman–Crippen MR) is 83.3 cm³/mol. The smallest absolute Gasteiger partial charge is 0.323 e. The van der Waals surface area contributed by atoms with E-state index in [-0.39, 0.29) is 11.7 Å². The number of fused-ring (bicyclic) bond motifs is 1. The lowest BCUT2D eigenvalue weighted by molar-refractivity contribution is 0.172. The monoisotopic (exact) mass is 289 g/mol. The first-order valence-electron chi connectivity index (χ1n) is 7.74. The Kier molecular flexibility index (Phi) is 4.12. The zero-order chi connectivity index (χ0) is 14.8. The molecule has 1 aromatic carbocycles. The zero-order valence-electron chi connectivity index (χ0n) is 12.4. The maximum absolute atomic E-state index is 11.3. The molecule has 1 atom stereocenters. The van der Waals surface area contributed by atoms with Crippen LogP contribution in [0.25, 0.3) is 11.0 Å². The van der Waals surface area contributed by atoms with E-state index in [1.807, 2.05) is 12.1 Å². The van der Waals surface area contributed by atoms with Gasteiger partial charge in [0.1, 0.15) is 0 Å². The van der Waals surface area contributed by atoms with Gasteiger partial charge in [0.05, 0.1) is 11.0 Å². The number of imidazole rings is 1. The number of hydrogen-bond donors (Lipinski definition) is 4. The molecule has 0 radical (unpaired) electrons. The van der Waals surface area contributed by atoms with E-state index < -0.39 is 0 Å². The number of rotatable bonds is 4. The molecular weight excluding hydrogens is 266 g/mol. The number of hydrogen-bond acceptors (Lipinski definition) is 3. The maximum Gasteiger partial charge on any atom is 0.323 e. The first-order valence-corrected chi connectivity index (χ1v) is 7.74. The summed E-state index contributed by atoms with van der Waals surface area (Å²) in [4.78, 5) is 16.9. The molecule has 114 valence electrons. The van der Waals surface area contributed by atoms with Gasteiger partial charge in [0, 0.05) is 18.7 Å². The molecule has 0 amide bonds. The Morgan fingerprint density at radius 3 is 2.67 bits per heavy atom. The fourth-order valence-corrected chi connectivity index (χ4v) is 3.28. The van der Waals surface area contributed by atoms with Crippen LogP contribution in [0, 0.1) is 5.92 Å². The van der Waals surface area contributed by atoms with Crippen molar-refractivity contribution in [3.63, 3.8) is 0 Å². The standard InChI is InChI=1S/C16H23N3O2/c1-10(17-13-5-2-11(9-20)3-6-13)12-4-7-14-15(8-12)19-16(21)18-14/h4,7-8,10-11,13,17,20H,2-3,5-6,9H2,1H3,(H2,18,19,21). The predicted octanol–water partition coefficient (Wildman–Crippen LogP) is 2.06. The summed E-state index contributed by atoms with van der Waals surface area (Å²) in [5.74, 6) is 0.486. The second-order valence-corrected chi connectivity index (χ2v) is 6.17. The Morgan fingerprint density at radius 2 is 1.95 bits per heavy atom. The quantitative estimate of drug-likeness (QED) is 0.695. The van der Waals surface area contributed by atoms with Gasteiger partial charge >= 0.3 is 5.69 Å². The highest BCUT2D eigenvalue weighted by atomic mass is 16.3. The zero-order valence-corrected chi connectivity index (χ0v) is 12.4. The average molecular weight is 289 g/mol. The van der Waals surface area contributed by atoms with Gasteiger partial charge in [-0.2, -0.15) is 0 Å². The number of H-pyrrole nitrogens is 2. The number of aliphatic hydroxyl groups is 1. The van der Waals surface area contributed by atoms with Gasteiger partial charge in [-0.05, 0) is 56.2 Å². The third kappa shape index (κ3) is 3.19. The molecule has 2 aromatic rings. The molecule has 1 aromatic heterocycles. The van der Waals surface area contributed by atoms with E-state index in [0.717, 1.165) is 36.7 Å². The molecule has 1 saturated carbocycles. The van der Waals surface area contributed by atoms with Gasteiger partial charge in [0.15, 0.2) is 0 Å². The van der Waals surface area contributed by atoms with Crippen molar-refractivity contribution < 1.29 is 5.11 Å². The minimum absolute atomic E-state index is 0.162. The second-order valence-electron chi connectivity index (χ2n) is 6.17. The Labute approximate surface area is 123 Å². The first kappa shape index (κ1) is 14.4. The van der Waals surface area contributed by atoms with Crippen LogP contribution in [0.15, 0.2) is 23.0 Å². The van der Waals surface area contributed by atoms with Crippen LogP contribution >= 0.6 is 0 Å². The largest absolute Gasteiger partial charge is 0.396 e. The van der Waals surface area contributed by atoms with Crippen molar-refractivity contribution in [3.8, 4) is 0 Å². The van der Waals surface area contributed by atoms with Crippen molar-refractivity contribution in [2.45, 2.75) is 44.7 Å². The van der Waals surface area contributed by atoms with Crippen molar-refractivity contribution in [1.29, 1.82) is 0 Å². The van der Waals surface area contributed by atoms with Gasteiger partial charge in [0.25, 0.3) is 0 Å². The van der Waals surface area contributed by atoms with Gasteiger partial charge in [-0.15, -0.1) is 0 Å². The molecule has 1 aliphatic carbocycles. The summed E-state index contributed by atoms with van der Waals surface area (Å²) in [5, 5.41) is 12.9. The fraction of sp³-hybridized carbons (Fsp3) is 0.562. The number of nitrogens with one attached hydrogen (secondary N) is 3. The molecular formula is C16H23N3O2. The van der Waals surface area contributed by atoms with Crippen molar-refractivity contribution in [2.75, 3.05) is 6.61 Å². The van der Waals surface area contributed by atoms with Crippen LogP contribution in [-0.2, 0) is 0 Å². The Balaban J connectivity index is 1.66. The molecule has 5 heteroatoms. The minimum Gasteiger partial charge on any atom is -0.396 e. The van der Waals surface area contributed by atoms with Crippen molar-refractivity contribution in [2.24, 2.45) is 5.92 Å². The summed E-state index contributed by atoms with van der Waals surface area (Å²) in [6, 6.07) is 6.81. The van der Waals surface area contributed by atoms with Gasteiger partial charge in [-0.25, -0.2) is 4.79 Å². The molecule has 1 unspecified atom stereocenters. The van der Waals surface area contributed by atoms with Gasteiger partial charge in [-0.1, -0.05) is 6.07 Å². The molecule has 0 bridgehead atoms. The summed E-state index contributed by atoms with van der Waals surface area (Å²) < 4.78 is 0. The third-order valence-electron chi connectivity index (χ3n) is 4.63. The number of aromatic nitrogens is 2. The number of benzene rings is 1. The highest BCUT2D eigenvalue weighted by molar-refractivity contribution is 5.75. The normalized spacial score (nSPS) is 24.3. The second kappa shape index (κ2) is 6.03. The molecule has 4 N–H and O–H groups in total. The lowest BCUT2D eigenvalue weighted by atomic mass is 9.86. The Morgan fingerprint density at radius 1 is 1.24 bits per heavy atom. The van der Waals surface area contributed by atoms with Gasteiger partial charge in [-0.3, -0.25) is 0 Å². The minimum atomic E-state index is -0.162. The van der Waals surface area contributed by atoms with E-state index in [1.54, 1.807) is 0 Å². The SMILES string of the molecule is CC(NC1CCC(CO)CC1)c1ccc2[nH]c(=O)[nH]c2c1. The van der Waals surface area contributed by atoms with Crippen LogP contribution in [-0.4, -0.2) is 27.7 Å². The highest BCUT2D eigenvalue weighted by Gasteiger charge is 2.22. The van der Waals surface area contributed by atoms with E-state index >= 15 is 0 Å². The van der Waals surface area contributed by atoms with Crippen LogP contribution in [0.3, 0.4) is 0 Å². The molecule has 0 spiro atoms. The summed E-state index contributed by atoms with van der Waals surface area (Å²) >= 11 is 0. The molecule has 0 aliphatic heterocycles. The number of aliphatic hydroxyl groups excluding tert-OH is 1. The van der Waals surface area contributed by atoms with E-state index in [1.165, 1.54) is 5.56 Å². The average Bonchev–Trinajstić information content (AvgIpc) is 2.87. The highest BCUT2D eigenvalue weighted by Crippen LogP contribution is 2.26. The van der Waals surface area contributed by atoms with Crippen LogP contribution in [0.2, 0.25) is 0 Å².